The highest BCUT2D eigenvalue weighted by atomic mass is 14.9. The van der Waals surface area contributed by atoms with Crippen LogP contribution in [0.2, 0.25) is 0 Å². The highest BCUT2D eigenvalue weighted by Gasteiger charge is 2.20. The Labute approximate surface area is 109 Å². The Balaban J connectivity index is 1.98. The van der Waals surface area contributed by atoms with Crippen LogP contribution >= 0.6 is 0 Å². The molecule has 0 saturated heterocycles. The summed E-state index contributed by atoms with van der Waals surface area (Å²) in [5.41, 5.74) is 7.02. The van der Waals surface area contributed by atoms with Crippen molar-refractivity contribution < 1.29 is 0 Å². The van der Waals surface area contributed by atoms with Crippen molar-refractivity contribution in [2.45, 2.75) is 20.3 Å². The predicted octanol–water partition coefficient (Wildman–Crippen LogP) is 4.33. The maximum Gasteiger partial charge on any atom is 0.0382 e. The smallest absolute Gasteiger partial charge is 0.0382 e. The van der Waals surface area contributed by atoms with Crippen LogP contribution < -0.4 is 5.32 Å². The predicted molar refractivity (Wildman–Crippen MR) is 78.0 cm³/mol. The number of anilines is 1. The van der Waals surface area contributed by atoms with Crippen molar-refractivity contribution in [3.8, 4) is 11.1 Å². The maximum atomic E-state index is 3.58. The number of rotatable bonds is 3. The summed E-state index contributed by atoms with van der Waals surface area (Å²) in [6.07, 6.45) is 1.06. The minimum absolute atomic E-state index is 0.671. The second-order valence-corrected chi connectivity index (χ2v) is 5.44. The molecule has 1 aliphatic rings. The molecule has 0 unspecified atom stereocenters. The molecule has 0 radical (unpaired) electrons. The first-order valence-electron chi connectivity index (χ1n) is 6.69. The van der Waals surface area contributed by atoms with E-state index < -0.39 is 0 Å². The van der Waals surface area contributed by atoms with Gasteiger partial charge in [0.05, 0.1) is 0 Å². The monoisotopic (exact) mass is 237 g/mol. The minimum Gasteiger partial charge on any atom is -0.385 e. The van der Waals surface area contributed by atoms with Crippen LogP contribution in [0.5, 0.6) is 0 Å². The summed E-state index contributed by atoms with van der Waals surface area (Å²) in [7, 11) is 0. The second-order valence-electron chi connectivity index (χ2n) is 5.44. The Morgan fingerprint density at radius 1 is 1.00 bits per heavy atom. The van der Waals surface area contributed by atoms with E-state index >= 15 is 0 Å². The van der Waals surface area contributed by atoms with Crippen LogP contribution in [-0.4, -0.2) is 6.54 Å². The van der Waals surface area contributed by atoms with Crippen LogP contribution in [0.1, 0.15) is 25.0 Å². The van der Waals surface area contributed by atoms with E-state index in [0.29, 0.717) is 5.92 Å². The lowest BCUT2D eigenvalue weighted by Crippen LogP contribution is -2.09. The van der Waals surface area contributed by atoms with E-state index in [-0.39, 0.29) is 0 Å². The fraction of sp³-hybridized carbons (Fsp3) is 0.294. The first kappa shape index (κ1) is 11.3. The molecule has 2 aromatic carbocycles. The van der Waals surface area contributed by atoms with Crippen LogP contribution in [0.4, 0.5) is 5.69 Å². The van der Waals surface area contributed by atoms with Gasteiger partial charge in [-0.15, -0.1) is 0 Å². The number of fused-ring (bicyclic) bond motifs is 3. The molecule has 0 fully saturated rings. The summed E-state index contributed by atoms with van der Waals surface area (Å²) in [5.74, 6) is 0.671. The van der Waals surface area contributed by atoms with E-state index in [9.17, 15) is 0 Å². The lowest BCUT2D eigenvalue weighted by atomic mass is 10.0. The molecule has 0 bridgehead atoms. The Kier molecular flexibility index (Phi) is 2.83. The highest BCUT2D eigenvalue weighted by Crippen LogP contribution is 2.39. The zero-order valence-electron chi connectivity index (χ0n) is 11.0. The molecule has 0 spiro atoms. The summed E-state index contributed by atoms with van der Waals surface area (Å²) >= 11 is 0. The summed E-state index contributed by atoms with van der Waals surface area (Å²) in [4.78, 5) is 0. The molecule has 92 valence electrons. The molecule has 0 amide bonds. The van der Waals surface area contributed by atoms with Crippen molar-refractivity contribution in [1.29, 1.82) is 0 Å². The number of hydrogen-bond donors (Lipinski definition) is 1. The van der Waals surface area contributed by atoms with Gasteiger partial charge in [-0.05, 0) is 34.2 Å². The van der Waals surface area contributed by atoms with Crippen LogP contribution in [-0.2, 0) is 6.42 Å². The average Bonchev–Trinajstić information content (AvgIpc) is 2.75. The van der Waals surface area contributed by atoms with Gasteiger partial charge in [0, 0.05) is 18.7 Å². The van der Waals surface area contributed by atoms with Gasteiger partial charge in [0.25, 0.3) is 0 Å². The van der Waals surface area contributed by atoms with E-state index in [1.807, 2.05) is 0 Å². The van der Waals surface area contributed by atoms with Gasteiger partial charge in [0.2, 0.25) is 0 Å². The summed E-state index contributed by atoms with van der Waals surface area (Å²) in [5, 5.41) is 3.58. The van der Waals surface area contributed by atoms with Gasteiger partial charge in [0.1, 0.15) is 0 Å². The Hall–Kier alpha value is -1.76. The molecule has 1 N–H and O–H groups in total. The van der Waals surface area contributed by atoms with Crippen LogP contribution in [0.3, 0.4) is 0 Å². The summed E-state index contributed by atoms with van der Waals surface area (Å²) in [6.45, 7) is 5.52. The van der Waals surface area contributed by atoms with E-state index in [0.717, 1.165) is 13.0 Å². The number of nitrogens with one attached hydrogen (secondary N) is 1. The third kappa shape index (κ3) is 1.90. The van der Waals surface area contributed by atoms with Gasteiger partial charge in [-0.1, -0.05) is 50.2 Å². The zero-order valence-corrected chi connectivity index (χ0v) is 11.0. The molecule has 3 rings (SSSR count). The molecule has 1 aliphatic carbocycles. The Morgan fingerprint density at radius 3 is 2.61 bits per heavy atom. The first-order valence-corrected chi connectivity index (χ1v) is 6.69. The topological polar surface area (TPSA) is 12.0 Å². The van der Waals surface area contributed by atoms with Crippen LogP contribution in [0, 0.1) is 5.92 Å². The van der Waals surface area contributed by atoms with Crippen molar-refractivity contribution in [2.24, 2.45) is 5.92 Å². The third-order valence-corrected chi connectivity index (χ3v) is 3.55. The quantitative estimate of drug-likeness (QED) is 0.715. The third-order valence-electron chi connectivity index (χ3n) is 3.55. The van der Waals surface area contributed by atoms with Gasteiger partial charge < -0.3 is 5.32 Å². The van der Waals surface area contributed by atoms with Gasteiger partial charge in [-0.2, -0.15) is 0 Å². The SMILES string of the molecule is CC(C)CNc1cccc2c1Cc1ccccc1-2. The van der Waals surface area contributed by atoms with Crippen molar-refractivity contribution in [3.63, 3.8) is 0 Å². The van der Waals surface area contributed by atoms with Gasteiger partial charge >= 0.3 is 0 Å². The van der Waals surface area contributed by atoms with E-state index in [4.69, 9.17) is 0 Å². The van der Waals surface area contributed by atoms with E-state index in [1.165, 1.54) is 27.9 Å². The molecule has 0 atom stereocenters. The van der Waals surface area contributed by atoms with E-state index in [1.54, 1.807) is 0 Å². The van der Waals surface area contributed by atoms with E-state index in [2.05, 4.69) is 61.6 Å². The summed E-state index contributed by atoms with van der Waals surface area (Å²) < 4.78 is 0. The maximum absolute atomic E-state index is 3.58. The Bertz CT molecular complexity index is 570. The normalized spacial score (nSPS) is 12.4. The van der Waals surface area contributed by atoms with Crippen LogP contribution in [0.25, 0.3) is 11.1 Å². The average molecular weight is 237 g/mol. The fourth-order valence-corrected chi connectivity index (χ4v) is 2.64. The van der Waals surface area contributed by atoms with Crippen molar-refractivity contribution in [3.05, 3.63) is 53.6 Å². The second kappa shape index (κ2) is 4.49. The van der Waals surface area contributed by atoms with Crippen molar-refractivity contribution in [2.75, 3.05) is 11.9 Å². The van der Waals surface area contributed by atoms with Gasteiger partial charge in [-0.25, -0.2) is 0 Å². The molecular weight excluding hydrogens is 218 g/mol. The number of hydrogen-bond acceptors (Lipinski definition) is 1. The standard InChI is InChI=1S/C17H19N/c1-12(2)11-18-17-9-5-8-15-14-7-4-3-6-13(14)10-16(15)17/h3-9,12,18H,10-11H2,1-2H3. The Morgan fingerprint density at radius 2 is 1.78 bits per heavy atom. The number of benzene rings is 2. The van der Waals surface area contributed by atoms with Crippen LogP contribution in [0.15, 0.2) is 42.5 Å². The minimum atomic E-state index is 0.671. The molecular formula is C17H19N. The lowest BCUT2D eigenvalue weighted by Gasteiger charge is -2.13. The van der Waals surface area contributed by atoms with Crippen molar-refractivity contribution >= 4 is 5.69 Å². The van der Waals surface area contributed by atoms with Gasteiger partial charge in [0.15, 0.2) is 0 Å². The molecule has 1 heteroatoms. The zero-order chi connectivity index (χ0) is 12.5. The summed E-state index contributed by atoms with van der Waals surface area (Å²) in [6, 6.07) is 15.3. The first-order chi connectivity index (χ1) is 8.75. The molecule has 0 aliphatic heterocycles. The van der Waals surface area contributed by atoms with Gasteiger partial charge in [-0.3, -0.25) is 0 Å². The van der Waals surface area contributed by atoms with Crippen molar-refractivity contribution in [1.82, 2.24) is 0 Å². The lowest BCUT2D eigenvalue weighted by molar-refractivity contribution is 0.688. The highest BCUT2D eigenvalue weighted by molar-refractivity contribution is 5.81. The fourth-order valence-electron chi connectivity index (χ4n) is 2.64. The molecule has 0 saturated carbocycles. The molecule has 1 nitrogen and oxygen atoms in total. The molecule has 0 aromatic heterocycles. The molecule has 0 heterocycles. The molecule has 2 aromatic rings. The largest absolute Gasteiger partial charge is 0.385 e. The molecule has 18 heavy (non-hydrogen) atoms.